The van der Waals surface area contributed by atoms with E-state index in [-0.39, 0.29) is 0 Å². The second-order valence-corrected chi connectivity index (χ2v) is 8.23. The number of aryl methyl sites for hydroxylation is 2. The summed E-state index contributed by atoms with van der Waals surface area (Å²) in [6, 6.07) is 12.4. The first-order valence-corrected chi connectivity index (χ1v) is 10.1. The molecular weight excluding hydrogens is 318 g/mol. The molecule has 0 radical (unpaired) electrons. The van der Waals surface area contributed by atoms with Crippen molar-refractivity contribution >= 4 is 10.8 Å². The molecule has 1 fully saturated rings. The van der Waals surface area contributed by atoms with Crippen molar-refractivity contribution < 1.29 is 4.21 Å². The summed E-state index contributed by atoms with van der Waals surface area (Å²) in [7, 11) is -0.911. The van der Waals surface area contributed by atoms with Gasteiger partial charge in [-0.25, -0.2) is 0 Å². The number of hydrogen-bond acceptors (Lipinski definition) is 3. The van der Waals surface area contributed by atoms with Crippen LogP contribution in [-0.4, -0.2) is 43.8 Å². The van der Waals surface area contributed by atoms with Crippen molar-refractivity contribution in [2.45, 2.75) is 50.6 Å². The smallest absolute Gasteiger partial charge is 0.0596 e. The van der Waals surface area contributed by atoms with Crippen molar-refractivity contribution in [1.29, 1.82) is 0 Å². The van der Waals surface area contributed by atoms with Gasteiger partial charge in [0.1, 0.15) is 0 Å². The fraction of sp³-hybridized carbons (Fsp3) is 0.526. The Morgan fingerprint density at radius 2 is 2.00 bits per heavy atom. The van der Waals surface area contributed by atoms with Gasteiger partial charge < -0.3 is 0 Å². The molecular formula is C19H27N3OS. The van der Waals surface area contributed by atoms with Gasteiger partial charge in [-0.3, -0.25) is 13.8 Å². The van der Waals surface area contributed by atoms with Gasteiger partial charge >= 0.3 is 0 Å². The maximum absolute atomic E-state index is 12.5. The lowest BCUT2D eigenvalue weighted by Crippen LogP contribution is -2.44. The second-order valence-electron chi connectivity index (χ2n) is 6.66. The Balaban J connectivity index is 1.60. The minimum absolute atomic E-state index is 0.504. The van der Waals surface area contributed by atoms with Crippen LogP contribution in [0.3, 0.4) is 0 Å². The van der Waals surface area contributed by atoms with Crippen LogP contribution in [0.5, 0.6) is 0 Å². The quantitative estimate of drug-likeness (QED) is 0.807. The molecule has 0 bridgehead atoms. The van der Waals surface area contributed by atoms with E-state index in [0.29, 0.717) is 11.8 Å². The van der Waals surface area contributed by atoms with Crippen molar-refractivity contribution in [3.63, 3.8) is 0 Å². The van der Waals surface area contributed by atoms with Gasteiger partial charge in [-0.05, 0) is 51.4 Å². The zero-order chi connectivity index (χ0) is 16.9. The maximum atomic E-state index is 12.5. The monoisotopic (exact) mass is 345 g/mol. The third kappa shape index (κ3) is 4.33. The van der Waals surface area contributed by atoms with Gasteiger partial charge in [0.15, 0.2) is 0 Å². The number of nitrogens with zero attached hydrogens (tertiary/aromatic N) is 3. The Morgan fingerprint density at radius 1 is 1.21 bits per heavy atom. The lowest BCUT2D eigenvalue weighted by molar-refractivity contribution is 0.137. The summed E-state index contributed by atoms with van der Waals surface area (Å²) in [5.74, 6) is 0.706. The number of benzene rings is 1. The van der Waals surface area contributed by atoms with Gasteiger partial charge in [0, 0.05) is 28.9 Å². The van der Waals surface area contributed by atoms with Gasteiger partial charge in [0.25, 0.3) is 0 Å². The van der Waals surface area contributed by atoms with E-state index in [0.717, 1.165) is 30.2 Å². The Hall–Kier alpha value is -1.46. The normalized spacial score (nSPS) is 20.2. The number of aromatic nitrogens is 2. The Kier molecular flexibility index (Phi) is 5.85. The summed E-state index contributed by atoms with van der Waals surface area (Å²) >= 11 is 0. The first-order chi connectivity index (χ1) is 11.6. The van der Waals surface area contributed by atoms with E-state index in [2.05, 4.69) is 27.7 Å². The van der Waals surface area contributed by atoms with Crippen molar-refractivity contribution in [1.82, 2.24) is 14.7 Å². The van der Waals surface area contributed by atoms with Crippen LogP contribution in [-0.2, 0) is 17.3 Å². The molecule has 3 rings (SSSR count). The molecule has 24 heavy (non-hydrogen) atoms. The molecule has 0 saturated carbocycles. The van der Waals surface area contributed by atoms with Crippen LogP contribution in [0.1, 0.15) is 30.7 Å². The Bertz CT molecular complexity index is 683. The SMILES string of the molecule is Cc1cc(C)n(CC2CCCCN2CCS(=O)c2ccccc2)n1. The first-order valence-electron chi connectivity index (χ1n) is 8.82. The van der Waals surface area contributed by atoms with Crippen molar-refractivity contribution in [2.24, 2.45) is 0 Å². The van der Waals surface area contributed by atoms with Crippen LogP contribution in [0.4, 0.5) is 0 Å². The highest BCUT2D eigenvalue weighted by molar-refractivity contribution is 7.85. The molecule has 1 saturated heterocycles. The summed E-state index contributed by atoms with van der Waals surface area (Å²) in [5.41, 5.74) is 2.31. The van der Waals surface area contributed by atoms with Crippen LogP contribution in [0.15, 0.2) is 41.3 Å². The molecule has 2 aromatic rings. The molecule has 130 valence electrons. The second kappa shape index (κ2) is 8.08. The minimum Gasteiger partial charge on any atom is -0.298 e. The predicted molar refractivity (Wildman–Crippen MR) is 98.6 cm³/mol. The van der Waals surface area contributed by atoms with E-state index in [1.807, 2.05) is 37.3 Å². The van der Waals surface area contributed by atoms with Gasteiger partial charge in [0.2, 0.25) is 0 Å². The van der Waals surface area contributed by atoms with Gasteiger partial charge in [-0.15, -0.1) is 0 Å². The summed E-state index contributed by atoms with van der Waals surface area (Å²) in [6.45, 7) is 7.11. The van der Waals surface area contributed by atoms with Crippen LogP contribution in [0.2, 0.25) is 0 Å². The van der Waals surface area contributed by atoms with E-state index in [9.17, 15) is 4.21 Å². The highest BCUT2D eigenvalue weighted by Crippen LogP contribution is 2.19. The van der Waals surface area contributed by atoms with Gasteiger partial charge in [-0.2, -0.15) is 5.10 Å². The molecule has 0 aliphatic carbocycles. The molecule has 0 spiro atoms. The van der Waals surface area contributed by atoms with E-state index >= 15 is 0 Å². The lowest BCUT2D eigenvalue weighted by Gasteiger charge is -2.35. The molecule has 0 N–H and O–H groups in total. The largest absolute Gasteiger partial charge is 0.298 e. The summed E-state index contributed by atoms with van der Waals surface area (Å²) in [5, 5.41) is 4.61. The fourth-order valence-corrected chi connectivity index (χ4v) is 4.61. The van der Waals surface area contributed by atoms with E-state index < -0.39 is 10.8 Å². The molecule has 1 aliphatic rings. The van der Waals surface area contributed by atoms with E-state index in [4.69, 9.17) is 0 Å². The summed E-state index contributed by atoms with van der Waals surface area (Å²) in [4.78, 5) is 3.45. The maximum Gasteiger partial charge on any atom is 0.0596 e. The zero-order valence-corrected chi connectivity index (χ0v) is 15.5. The van der Waals surface area contributed by atoms with Crippen LogP contribution in [0.25, 0.3) is 0 Å². The highest BCUT2D eigenvalue weighted by Gasteiger charge is 2.24. The van der Waals surface area contributed by atoms with E-state index in [1.165, 1.54) is 25.0 Å². The third-order valence-corrected chi connectivity index (χ3v) is 6.16. The molecule has 0 amide bonds. The number of piperidine rings is 1. The first kappa shape index (κ1) is 17.4. The molecule has 2 heterocycles. The molecule has 4 nitrogen and oxygen atoms in total. The number of likely N-dealkylation sites (tertiary alicyclic amines) is 1. The van der Waals surface area contributed by atoms with Crippen molar-refractivity contribution in [3.05, 3.63) is 47.8 Å². The molecule has 1 aromatic carbocycles. The van der Waals surface area contributed by atoms with E-state index in [1.54, 1.807) is 0 Å². The summed E-state index contributed by atoms with van der Waals surface area (Å²) < 4.78 is 14.6. The van der Waals surface area contributed by atoms with Gasteiger partial charge in [-0.1, -0.05) is 24.6 Å². The zero-order valence-electron chi connectivity index (χ0n) is 14.6. The van der Waals surface area contributed by atoms with Gasteiger partial charge in [0.05, 0.1) is 23.0 Å². The number of hydrogen-bond donors (Lipinski definition) is 0. The molecule has 2 unspecified atom stereocenters. The van der Waals surface area contributed by atoms with Crippen LogP contribution in [0, 0.1) is 13.8 Å². The Labute approximate surface area is 147 Å². The summed E-state index contributed by atoms with van der Waals surface area (Å²) in [6.07, 6.45) is 3.73. The molecule has 5 heteroatoms. The average Bonchev–Trinajstić information content (AvgIpc) is 2.92. The third-order valence-electron chi connectivity index (χ3n) is 4.81. The highest BCUT2D eigenvalue weighted by atomic mass is 32.2. The fourth-order valence-electron chi connectivity index (χ4n) is 3.51. The Morgan fingerprint density at radius 3 is 2.71 bits per heavy atom. The predicted octanol–water partition coefficient (Wildman–Crippen LogP) is 3.16. The molecule has 1 aromatic heterocycles. The van der Waals surface area contributed by atoms with Crippen molar-refractivity contribution in [2.75, 3.05) is 18.8 Å². The molecule has 1 aliphatic heterocycles. The van der Waals surface area contributed by atoms with Crippen molar-refractivity contribution in [3.8, 4) is 0 Å². The number of rotatable bonds is 6. The lowest BCUT2D eigenvalue weighted by atomic mass is 10.0. The average molecular weight is 346 g/mol. The topological polar surface area (TPSA) is 38.1 Å². The molecule has 2 atom stereocenters. The van der Waals surface area contributed by atoms with Crippen LogP contribution < -0.4 is 0 Å². The minimum atomic E-state index is -0.911. The standard InChI is InChI=1S/C19H27N3OS/c1-16-14-17(2)22(20-16)15-18-8-6-7-11-21(18)12-13-24(23)19-9-4-3-5-10-19/h3-5,9-10,14,18H,6-8,11-13,15H2,1-2H3. The van der Waals surface area contributed by atoms with Crippen LogP contribution >= 0.6 is 0 Å².